The van der Waals surface area contributed by atoms with Crippen molar-refractivity contribution in [2.24, 2.45) is 0 Å². The first-order valence-corrected chi connectivity index (χ1v) is 9.69. The molecule has 0 aliphatic heterocycles. The average Bonchev–Trinajstić information content (AvgIpc) is 3.22. The average molecular weight is 405 g/mol. The summed E-state index contributed by atoms with van der Waals surface area (Å²) >= 11 is 0. The molecule has 7 heteroatoms. The van der Waals surface area contributed by atoms with Gasteiger partial charge in [0.25, 0.3) is 0 Å². The number of aromatic nitrogens is 3. The standard InChI is InChI=1S/C23H24FN5O/c1-28(2)14-16-8-9-18(20(24)12-16)19-10-11-22(29-15-26-27-23(19)29)25-13-17-6-4-5-7-21(17)30-3/h4-12,15,25H,13-14H2,1-3H3. The summed E-state index contributed by atoms with van der Waals surface area (Å²) in [7, 11) is 5.58. The van der Waals surface area contributed by atoms with Gasteiger partial charge in [-0.25, -0.2) is 4.39 Å². The van der Waals surface area contributed by atoms with Gasteiger partial charge in [-0.1, -0.05) is 30.3 Å². The molecule has 0 fully saturated rings. The second kappa shape index (κ2) is 8.51. The van der Waals surface area contributed by atoms with E-state index in [1.807, 2.05) is 65.9 Å². The second-order valence-corrected chi connectivity index (χ2v) is 7.37. The largest absolute Gasteiger partial charge is 0.496 e. The zero-order chi connectivity index (χ0) is 21.1. The van der Waals surface area contributed by atoms with Crippen LogP contribution < -0.4 is 10.1 Å². The van der Waals surface area contributed by atoms with E-state index in [4.69, 9.17) is 4.74 Å². The third-order valence-corrected chi connectivity index (χ3v) is 4.93. The van der Waals surface area contributed by atoms with Crippen molar-refractivity contribution >= 4 is 11.5 Å². The molecule has 0 amide bonds. The van der Waals surface area contributed by atoms with E-state index in [0.29, 0.717) is 29.9 Å². The number of rotatable bonds is 7. The number of ether oxygens (including phenoxy) is 1. The highest BCUT2D eigenvalue weighted by Gasteiger charge is 2.14. The number of benzene rings is 2. The van der Waals surface area contributed by atoms with Crippen LogP contribution in [0, 0.1) is 5.82 Å². The Morgan fingerprint density at radius 1 is 1.07 bits per heavy atom. The van der Waals surface area contributed by atoms with E-state index in [9.17, 15) is 4.39 Å². The van der Waals surface area contributed by atoms with Crippen molar-refractivity contribution in [1.82, 2.24) is 19.5 Å². The molecule has 0 spiro atoms. The van der Waals surface area contributed by atoms with Crippen LogP contribution in [0.2, 0.25) is 0 Å². The maximum Gasteiger partial charge on any atom is 0.170 e. The summed E-state index contributed by atoms with van der Waals surface area (Å²) in [6.07, 6.45) is 1.63. The van der Waals surface area contributed by atoms with Gasteiger partial charge in [-0.2, -0.15) is 0 Å². The molecule has 2 heterocycles. The molecule has 4 aromatic rings. The summed E-state index contributed by atoms with van der Waals surface area (Å²) in [6.45, 7) is 1.26. The van der Waals surface area contributed by atoms with Gasteiger partial charge in [0.1, 0.15) is 23.7 Å². The lowest BCUT2D eigenvalue weighted by molar-refractivity contribution is 0.401. The number of para-hydroxylation sites is 1. The predicted molar refractivity (Wildman–Crippen MR) is 116 cm³/mol. The van der Waals surface area contributed by atoms with Gasteiger partial charge in [0, 0.05) is 29.8 Å². The lowest BCUT2D eigenvalue weighted by Crippen LogP contribution is -2.10. The third-order valence-electron chi connectivity index (χ3n) is 4.93. The minimum atomic E-state index is -0.269. The normalized spacial score (nSPS) is 11.2. The quantitative estimate of drug-likeness (QED) is 0.499. The summed E-state index contributed by atoms with van der Waals surface area (Å²) in [5, 5.41) is 11.7. The number of hydrogen-bond donors (Lipinski definition) is 1. The highest BCUT2D eigenvalue weighted by Crippen LogP contribution is 2.29. The topological polar surface area (TPSA) is 54.7 Å². The zero-order valence-electron chi connectivity index (χ0n) is 17.3. The minimum absolute atomic E-state index is 0.269. The molecule has 0 saturated carbocycles. The van der Waals surface area contributed by atoms with Gasteiger partial charge in [0.2, 0.25) is 0 Å². The van der Waals surface area contributed by atoms with Crippen LogP contribution in [0.3, 0.4) is 0 Å². The van der Waals surface area contributed by atoms with E-state index in [-0.39, 0.29) is 5.82 Å². The maximum absolute atomic E-state index is 14.9. The molecule has 4 rings (SSSR count). The van der Waals surface area contributed by atoms with E-state index in [1.54, 1.807) is 25.6 Å². The van der Waals surface area contributed by atoms with Gasteiger partial charge in [-0.15, -0.1) is 10.2 Å². The van der Waals surface area contributed by atoms with Crippen molar-refractivity contribution in [2.75, 3.05) is 26.5 Å². The maximum atomic E-state index is 14.9. The number of nitrogens with one attached hydrogen (secondary N) is 1. The summed E-state index contributed by atoms with van der Waals surface area (Å²) in [5.74, 6) is 1.37. The zero-order valence-corrected chi connectivity index (χ0v) is 17.3. The molecule has 0 bridgehead atoms. The Kier molecular flexibility index (Phi) is 5.63. The van der Waals surface area contributed by atoms with Crippen molar-refractivity contribution in [2.45, 2.75) is 13.1 Å². The molecule has 1 N–H and O–H groups in total. The van der Waals surface area contributed by atoms with Crippen LogP contribution in [0.25, 0.3) is 16.8 Å². The van der Waals surface area contributed by atoms with Crippen LogP contribution in [0.5, 0.6) is 5.75 Å². The fourth-order valence-electron chi connectivity index (χ4n) is 3.54. The van der Waals surface area contributed by atoms with E-state index in [0.717, 1.165) is 22.7 Å². The molecule has 6 nitrogen and oxygen atoms in total. The molecule has 2 aromatic heterocycles. The number of pyridine rings is 1. The Labute approximate surface area is 174 Å². The summed E-state index contributed by atoms with van der Waals surface area (Å²) < 4.78 is 22.1. The molecule has 0 aliphatic rings. The molecule has 154 valence electrons. The molecule has 0 saturated heterocycles. The van der Waals surface area contributed by atoms with Crippen molar-refractivity contribution in [3.05, 3.63) is 77.9 Å². The molecular formula is C23H24FN5O. The van der Waals surface area contributed by atoms with Crippen molar-refractivity contribution in [1.29, 1.82) is 0 Å². The Morgan fingerprint density at radius 3 is 2.63 bits per heavy atom. The number of anilines is 1. The van der Waals surface area contributed by atoms with Gasteiger partial charge >= 0.3 is 0 Å². The third kappa shape index (κ3) is 3.97. The van der Waals surface area contributed by atoms with Gasteiger partial charge < -0.3 is 15.0 Å². The highest BCUT2D eigenvalue weighted by molar-refractivity contribution is 5.79. The van der Waals surface area contributed by atoms with Gasteiger partial charge in [-0.3, -0.25) is 4.40 Å². The number of halogens is 1. The Balaban J connectivity index is 1.65. The van der Waals surface area contributed by atoms with E-state index in [1.165, 1.54) is 0 Å². The number of hydrogen-bond acceptors (Lipinski definition) is 5. The van der Waals surface area contributed by atoms with Crippen LogP contribution in [0.15, 0.2) is 60.9 Å². The van der Waals surface area contributed by atoms with Gasteiger partial charge in [0.15, 0.2) is 5.65 Å². The molecule has 0 atom stereocenters. The summed E-state index contributed by atoms with van der Waals surface area (Å²) in [6, 6.07) is 17.0. The van der Waals surface area contributed by atoms with Crippen LogP contribution >= 0.6 is 0 Å². The van der Waals surface area contributed by atoms with E-state index in [2.05, 4.69) is 15.5 Å². The number of nitrogens with zero attached hydrogens (tertiary/aromatic N) is 4. The molecule has 0 aliphatic carbocycles. The molecule has 2 aromatic carbocycles. The number of methoxy groups -OCH3 is 1. The fourth-order valence-corrected chi connectivity index (χ4v) is 3.54. The Hall–Kier alpha value is -3.45. The Morgan fingerprint density at radius 2 is 1.87 bits per heavy atom. The van der Waals surface area contributed by atoms with E-state index >= 15 is 0 Å². The summed E-state index contributed by atoms with van der Waals surface area (Å²) in [5.41, 5.74) is 3.76. The molecular weight excluding hydrogens is 381 g/mol. The van der Waals surface area contributed by atoms with Crippen LogP contribution in [-0.4, -0.2) is 40.7 Å². The first-order chi connectivity index (χ1) is 14.6. The Bertz CT molecular complexity index is 1170. The van der Waals surface area contributed by atoms with Crippen molar-refractivity contribution in [3.63, 3.8) is 0 Å². The van der Waals surface area contributed by atoms with Crippen LogP contribution in [-0.2, 0) is 13.1 Å². The molecule has 0 radical (unpaired) electrons. The van der Waals surface area contributed by atoms with Gasteiger partial charge in [0.05, 0.1) is 7.11 Å². The first-order valence-electron chi connectivity index (χ1n) is 9.69. The SMILES string of the molecule is COc1ccccc1CNc1ccc(-c2ccc(CN(C)C)cc2F)c2nncn12. The smallest absolute Gasteiger partial charge is 0.170 e. The van der Waals surface area contributed by atoms with E-state index < -0.39 is 0 Å². The monoisotopic (exact) mass is 405 g/mol. The van der Waals surface area contributed by atoms with Crippen LogP contribution in [0.1, 0.15) is 11.1 Å². The molecule has 0 unspecified atom stereocenters. The first kappa shape index (κ1) is 19.8. The van der Waals surface area contributed by atoms with Gasteiger partial charge in [-0.05, 0) is 43.9 Å². The highest BCUT2D eigenvalue weighted by atomic mass is 19.1. The lowest BCUT2D eigenvalue weighted by Gasteiger charge is -2.14. The number of fused-ring (bicyclic) bond motifs is 1. The van der Waals surface area contributed by atoms with Crippen molar-refractivity contribution < 1.29 is 9.13 Å². The molecule has 30 heavy (non-hydrogen) atoms. The predicted octanol–water partition coefficient (Wildman–Crippen LogP) is 4.22. The minimum Gasteiger partial charge on any atom is -0.496 e. The van der Waals surface area contributed by atoms with Crippen molar-refractivity contribution in [3.8, 4) is 16.9 Å². The summed E-state index contributed by atoms with van der Waals surface area (Å²) in [4.78, 5) is 2.01. The fraction of sp³-hybridized carbons (Fsp3) is 0.217. The van der Waals surface area contributed by atoms with Crippen LogP contribution in [0.4, 0.5) is 10.2 Å². The second-order valence-electron chi connectivity index (χ2n) is 7.37. The lowest BCUT2D eigenvalue weighted by atomic mass is 10.0.